The molecule has 0 aliphatic carbocycles. The van der Waals surface area contributed by atoms with Gasteiger partial charge in [0.05, 0.1) is 21.3 Å². The first kappa shape index (κ1) is 18.5. The molecular weight excluding hydrogens is 344 g/mol. The Bertz CT molecular complexity index is 785. The van der Waals surface area contributed by atoms with E-state index in [1.165, 1.54) is 24.1 Å². The van der Waals surface area contributed by atoms with Gasteiger partial charge >= 0.3 is 0 Å². The molecule has 2 aromatic rings. The summed E-state index contributed by atoms with van der Waals surface area (Å²) in [6.07, 6.45) is 5.88. The molecule has 0 amide bonds. The highest BCUT2D eigenvalue weighted by atomic mass is 32.1. The van der Waals surface area contributed by atoms with E-state index in [9.17, 15) is 8.78 Å². The first-order valence-electron chi connectivity index (χ1n) is 7.81. The van der Waals surface area contributed by atoms with Gasteiger partial charge in [-0.2, -0.15) is 4.99 Å². The molecule has 1 nitrogen and oxygen atoms in total. The quantitative estimate of drug-likeness (QED) is 0.255. The van der Waals surface area contributed by atoms with Crippen molar-refractivity contribution in [1.82, 2.24) is 0 Å². The van der Waals surface area contributed by atoms with Gasteiger partial charge in [0, 0.05) is 17.0 Å². The van der Waals surface area contributed by atoms with Crippen LogP contribution in [0.25, 0.3) is 0 Å². The Kier molecular flexibility index (Phi) is 7.27. The molecule has 0 atom stereocenters. The molecule has 0 saturated heterocycles. The number of aryl methyl sites for hydroxylation is 1. The number of isothiocyanates is 1. The predicted octanol–water partition coefficient (Wildman–Crippen LogP) is 6.28. The van der Waals surface area contributed by atoms with E-state index in [1.54, 1.807) is 11.3 Å². The monoisotopic (exact) mass is 361 g/mol. The van der Waals surface area contributed by atoms with E-state index >= 15 is 0 Å². The number of halogens is 2. The molecule has 1 heterocycles. The van der Waals surface area contributed by atoms with Crippen molar-refractivity contribution < 1.29 is 8.78 Å². The highest BCUT2D eigenvalue weighted by Gasteiger charge is 2.09. The standard InChI is InChI=1S/C19H17F2NS2/c1-2-3-4-5-6-15-7-8-16(24-15)9-10-17-18(20)11-14(22-13-23)12-19(17)21/h7-8,11-12H,2-6H2,1H3. The minimum absolute atomic E-state index is 0.0936. The Morgan fingerprint density at radius 1 is 1.08 bits per heavy atom. The second-order valence-electron chi connectivity index (χ2n) is 5.31. The van der Waals surface area contributed by atoms with Crippen molar-refractivity contribution in [3.63, 3.8) is 0 Å². The van der Waals surface area contributed by atoms with E-state index in [1.807, 2.05) is 12.1 Å². The fourth-order valence-corrected chi connectivity index (χ4v) is 3.23. The zero-order chi connectivity index (χ0) is 17.4. The lowest BCUT2D eigenvalue weighted by Crippen LogP contribution is -1.89. The Labute approximate surface area is 150 Å². The zero-order valence-electron chi connectivity index (χ0n) is 13.4. The Morgan fingerprint density at radius 2 is 1.83 bits per heavy atom. The van der Waals surface area contributed by atoms with Crippen LogP contribution in [0, 0.1) is 23.5 Å². The van der Waals surface area contributed by atoms with E-state index in [0.29, 0.717) is 0 Å². The van der Waals surface area contributed by atoms with Gasteiger partial charge in [0.15, 0.2) is 0 Å². The van der Waals surface area contributed by atoms with Gasteiger partial charge in [-0.3, -0.25) is 0 Å². The lowest BCUT2D eigenvalue weighted by atomic mass is 10.1. The van der Waals surface area contributed by atoms with Crippen LogP contribution in [0.3, 0.4) is 0 Å². The van der Waals surface area contributed by atoms with Gasteiger partial charge in [0.2, 0.25) is 0 Å². The number of thiophene rings is 1. The molecule has 0 spiro atoms. The third kappa shape index (κ3) is 5.35. The molecule has 0 radical (unpaired) electrons. The number of aliphatic imine (C=N–C) groups is 1. The van der Waals surface area contributed by atoms with Crippen molar-refractivity contribution in [2.45, 2.75) is 39.0 Å². The summed E-state index contributed by atoms with van der Waals surface area (Å²) < 4.78 is 27.8. The van der Waals surface area contributed by atoms with Gasteiger partial charge in [-0.1, -0.05) is 38.0 Å². The number of thiocarbonyl (C=S) groups is 1. The molecule has 0 aliphatic heterocycles. The SMILES string of the molecule is CCCCCCc1ccc(C#Cc2c(F)cc(N=C=S)cc2F)s1. The maximum atomic E-state index is 13.9. The van der Waals surface area contributed by atoms with Crippen LogP contribution in [0.2, 0.25) is 0 Å². The predicted molar refractivity (Wildman–Crippen MR) is 99.2 cm³/mol. The minimum atomic E-state index is -0.747. The highest BCUT2D eigenvalue weighted by Crippen LogP contribution is 2.21. The largest absolute Gasteiger partial charge is 0.205 e. The molecule has 0 saturated carbocycles. The van der Waals surface area contributed by atoms with Gasteiger partial charge in [0.25, 0.3) is 0 Å². The average Bonchev–Trinajstić information content (AvgIpc) is 2.99. The molecule has 0 aliphatic rings. The molecular formula is C19H17F2NS2. The van der Waals surface area contributed by atoms with Crippen LogP contribution in [0.4, 0.5) is 14.5 Å². The van der Waals surface area contributed by atoms with Crippen molar-refractivity contribution in [3.8, 4) is 11.8 Å². The first-order chi connectivity index (χ1) is 11.6. The third-order valence-corrected chi connectivity index (χ3v) is 4.60. The lowest BCUT2D eigenvalue weighted by Gasteiger charge is -1.98. The maximum Gasteiger partial charge on any atom is 0.143 e. The van der Waals surface area contributed by atoms with Crippen molar-refractivity contribution in [3.05, 3.63) is 51.2 Å². The molecule has 0 bridgehead atoms. The topological polar surface area (TPSA) is 12.4 Å². The van der Waals surface area contributed by atoms with Crippen molar-refractivity contribution in [1.29, 1.82) is 0 Å². The minimum Gasteiger partial charge on any atom is -0.205 e. The molecule has 2 rings (SSSR count). The van der Waals surface area contributed by atoms with Gasteiger partial charge in [0.1, 0.15) is 11.6 Å². The second kappa shape index (κ2) is 9.44. The van der Waals surface area contributed by atoms with E-state index in [4.69, 9.17) is 0 Å². The number of hydrogen-bond donors (Lipinski definition) is 0. The molecule has 124 valence electrons. The summed E-state index contributed by atoms with van der Waals surface area (Å²) in [5, 5.41) is 2.08. The van der Waals surface area contributed by atoms with Crippen LogP contribution in [-0.2, 0) is 6.42 Å². The van der Waals surface area contributed by atoms with E-state index < -0.39 is 11.6 Å². The molecule has 5 heteroatoms. The fraction of sp³-hybridized carbons (Fsp3) is 0.316. The normalized spacial score (nSPS) is 9.96. The molecule has 0 unspecified atom stereocenters. The van der Waals surface area contributed by atoms with Gasteiger partial charge in [-0.25, -0.2) is 8.78 Å². The summed E-state index contributed by atoms with van der Waals surface area (Å²) in [6.45, 7) is 2.19. The zero-order valence-corrected chi connectivity index (χ0v) is 15.0. The first-order valence-corrected chi connectivity index (χ1v) is 9.04. The smallest absolute Gasteiger partial charge is 0.143 e. The van der Waals surface area contributed by atoms with E-state index in [-0.39, 0.29) is 11.3 Å². The highest BCUT2D eigenvalue weighted by molar-refractivity contribution is 7.78. The Hall–Kier alpha value is -1.86. The third-order valence-electron chi connectivity index (χ3n) is 3.45. The van der Waals surface area contributed by atoms with Crippen molar-refractivity contribution in [2.75, 3.05) is 0 Å². The van der Waals surface area contributed by atoms with Gasteiger partial charge in [-0.15, -0.1) is 11.3 Å². The Balaban J connectivity index is 2.10. The van der Waals surface area contributed by atoms with Crippen LogP contribution in [0.15, 0.2) is 29.3 Å². The number of benzene rings is 1. The Morgan fingerprint density at radius 3 is 2.50 bits per heavy atom. The molecule has 0 fully saturated rings. The maximum absolute atomic E-state index is 13.9. The summed E-state index contributed by atoms with van der Waals surface area (Å²) >= 11 is 6.00. The summed E-state index contributed by atoms with van der Waals surface area (Å²) in [5.41, 5.74) is -0.160. The fourth-order valence-electron chi connectivity index (χ4n) is 2.23. The van der Waals surface area contributed by atoms with Crippen molar-refractivity contribution in [2.24, 2.45) is 4.99 Å². The van der Waals surface area contributed by atoms with Crippen LogP contribution < -0.4 is 0 Å². The lowest BCUT2D eigenvalue weighted by molar-refractivity contribution is 0.578. The van der Waals surface area contributed by atoms with Crippen LogP contribution in [-0.4, -0.2) is 5.16 Å². The van der Waals surface area contributed by atoms with E-state index in [2.05, 4.69) is 41.1 Å². The second-order valence-corrected chi connectivity index (χ2v) is 6.67. The number of hydrogen-bond acceptors (Lipinski definition) is 3. The van der Waals surface area contributed by atoms with Gasteiger partial charge in [-0.05, 0) is 37.2 Å². The number of rotatable bonds is 6. The summed E-state index contributed by atoms with van der Waals surface area (Å²) in [6, 6.07) is 6.12. The van der Waals surface area contributed by atoms with Crippen LogP contribution in [0.5, 0.6) is 0 Å². The van der Waals surface area contributed by atoms with Crippen molar-refractivity contribution >= 4 is 34.4 Å². The average molecular weight is 361 g/mol. The summed E-state index contributed by atoms with van der Waals surface area (Å²) in [4.78, 5) is 5.63. The molecule has 24 heavy (non-hydrogen) atoms. The van der Waals surface area contributed by atoms with Gasteiger partial charge < -0.3 is 0 Å². The number of nitrogens with zero attached hydrogens (tertiary/aromatic N) is 1. The molecule has 0 N–H and O–H groups in total. The molecule has 1 aromatic carbocycles. The van der Waals surface area contributed by atoms with Crippen LogP contribution in [0.1, 0.15) is 47.9 Å². The summed E-state index contributed by atoms with van der Waals surface area (Å²) in [5.74, 6) is 3.92. The van der Waals surface area contributed by atoms with E-state index in [0.717, 1.165) is 29.9 Å². The molecule has 1 aromatic heterocycles. The van der Waals surface area contributed by atoms with Crippen LogP contribution >= 0.6 is 23.6 Å². The summed E-state index contributed by atoms with van der Waals surface area (Å²) in [7, 11) is 0. The number of unbranched alkanes of at least 4 members (excludes halogenated alkanes) is 3.